The van der Waals surface area contributed by atoms with Crippen LogP contribution in [0.2, 0.25) is 0 Å². The summed E-state index contributed by atoms with van der Waals surface area (Å²) >= 11 is 0. The zero-order chi connectivity index (χ0) is 17.0. The van der Waals surface area contributed by atoms with Gasteiger partial charge in [0.15, 0.2) is 0 Å². The standard InChI is InChI=1S/C24H20P.BrH.FH.K/c1-5-13-21(14-6-1)25(22-15-7-2-8-16-22,23-17-9-3-10-18-23)24-19-11-4-12-20-24;;;/h1-20H;2*1H;/q+1;;;+1/p-2. The topological polar surface area (TPSA) is 0 Å². The van der Waals surface area contributed by atoms with E-state index in [1.165, 1.54) is 21.2 Å². The van der Waals surface area contributed by atoms with Crippen LogP contribution in [0.25, 0.3) is 0 Å². The molecular weight excluding hydrogens is 457 g/mol. The van der Waals surface area contributed by atoms with Crippen molar-refractivity contribution >= 4 is 28.5 Å². The van der Waals surface area contributed by atoms with E-state index in [-0.39, 0.29) is 73.1 Å². The van der Waals surface area contributed by atoms with Gasteiger partial charge in [0.2, 0.25) is 0 Å². The molecule has 0 spiro atoms. The van der Waals surface area contributed by atoms with Crippen molar-refractivity contribution in [3.63, 3.8) is 0 Å². The van der Waals surface area contributed by atoms with Crippen LogP contribution in [0.1, 0.15) is 0 Å². The molecule has 0 unspecified atom stereocenters. The molecule has 4 aromatic rings. The van der Waals surface area contributed by atoms with Crippen molar-refractivity contribution in [1.29, 1.82) is 0 Å². The van der Waals surface area contributed by atoms with Crippen LogP contribution in [0.15, 0.2) is 121 Å². The van der Waals surface area contributed by atoms with Gasteiger partial charge in [-0.3, -0.25) is 0 Å². The Bertz CT molecular complexity index is 772. The molecule has 0 nitrogen and oxygen atoms in total. The first kappa shape index (κ1) is 25.4. The van der Waals surface area contributed by atoms with Crippen LogP contribution >= 0.6 is 7.26 Å². The van der Waals surface area contributed by atoms with E-state index in [9.17, 15) is 0 Å². The van der Waals surface area contributed by atoms with Crippen LogP contribution in [-0.4, -0.2) is 0 Å². The van der Waals surface area contributed by atoms with Gasteiger partial charge in [-0.1, -0.05) is 72.8 Å². The predicted molar refractivity (Wildman–Crippen MR) is 111 cm³/mol. The van der Waals surface area contributed by atoms with Gasteiger partial charge in [0, 0.05) is 0 Å². The average Bonchev–Trinajstić information content (AvgIpc) is 2.72. The molecule has 4 rings (SSSR count). The summed E-state index contributed by atoms with van der Waals surface area (Å²) in [7, 11) is -1.91. The van der Waals surface area contributed by atoms with Gasteiger partial charge in [0.1, 0.15) is 28.5 Å². The Balaban J connectivity index is 0.00000131. The molecule has 0 bridgehead atoms. The maximum atomic E-state index is 2.28. The zero-order valence-corrected chi connectivity index (χ0v) is 21.4. The predicted octanol–water partition coefficient (Wildman–Crippen LogP) is -4.68. The molecular formula is C24H20BrFKP. The molecule has 136 valence electrons. The maximum absolute atomic E-state index is 2.28. The summed E-state index contributed by atoms with van der Waals surface area (Å²) in [5.41, 5.74) is 0. The smallest absolute Gasteiger partial charge is 1.00 e. The summed E-state index contributed by atoms with van der Waals surface area (Å²) in [5, 5.41) is 5.55. The number of rotatable bonds is 4. The van der Waals surface area contributed by atoms with Crippen LogP contribution < -0.4 is 94.3 Å². The van der Waals surface area contributed by atoms with E-state index in [1.807, 2.05) is 0 Å². The fourth-order valence-electron chi connectivity index (χ4n) is 3.50. The van der Waals surface area contributed by atoms with Crippen molar-refractivity contribution in [2.24, 2.45) is 0 Å². The van der Waals surface area contributed by atoms with Crippen LogP contribution in [0, 0.1) is 0 Å². The number of benzene rings is 4. The molecule has 28 heavy (non-hydrogen) atoms. The molecule has 0 aromatic heterocycles. The molecule has 0 N–H and O–H groups in total. The minimum absolute atomic E-state index is 0. The van der Waals surface area contributed by atoms with E-state index in [0.29, 0.717) is 0 Å². The van der Waals surface area contributed by atoms with E-state index in [0.717, 1.165) is 0 Å². The first-order valence-corrected chi connectivity index (χ1v) is 10.3. The Morgan fingerprint density at radius 1 is 0.357 bits per heavy atom. The molecule has 0 atom stereocenters. The van der Waals surface area contributed by atoms with Crippen molar-refractivity contribution in [1.82, 2.24) is 0 Å². The van der Waals surface area contributed by atoms with Crippen molar-refractivity contribution in [3.05, 3.63) is 121 Å². The largest absolute Gasteiger partial charge is 1.00 e. The summed E-state index contributed by atoms with van der Waals surface area (Å²) < 4.78 is 0. The molecule has 0 aliphatic rings. The second kappa shape index (κ2) is 12.1. The number of hydrogen-bond acceptors (Lipinski definition) is 0. The summed E-state index contributed by atoms with van der Waals surface area (Å²) in [6, 6.07) is 43.8. The quantitative estimate of drug-likeness (QED) is 0.205. The molecule has 0 saturated carbocycles. The van der Waals surface area contributed by atoms with Crippen molar-refractivity contribution in [2.75, 3.05) is 0 Å². The van der Waals surface area contributed by atoms with E-state index in [1.54, 1.807) is 0 Å². The van der Waals surface area contributed by atoms with Gasteiger partial charge in [-0.15, -0.1) is 0 Å². The summed E-state index contributed by atoms with van der Waals surface area (Å²) in [6.07, 6.45) is 0. The van der Waals surface area contributed by atoms with Gasteiger partial charge >= 0.3 is 51.4 Å². The Morgan fingerprint density at radius 3 is 0.714 bits per heavy atom. The normalized spacial score (nSPS) is 10.0. The minimum Gasteiger partial charge on any atom is -1.00 e. The summed E-state index contributed by atoms with van der Waals surface area (Å²) in [6.45, 7) is 0. The van der Waals surface area contributed by atoms with Gasteiger partial charge in [-0.25, -0.2) is 0 Å². The summed E-state index contributed by atoms with van der Waals surface area (Å²) in [4.78, 5) is 0. The van der Waals surface area contributed by atoms with E-state index >= 15 is 0 Å². The Labute approximate surface area is 220 Å². The van der Waals surface area contributed by atoms with Crippen LogP contribution in [-0.2, 0) is 0 Å². The SMILES string of the molecule is [Br-].[F-].[K+].c1ccc([P+](c2ccccc2)(c2ccccc2)c2ccccc2)cc1. The third-order valence-corrected chi connectivity index (χ3v) is 8.86. The molecule has 0 radical (unpaired) electrons. The van der Waals surface area contributed by atoms with Crippen LogP contribution in [0.3, 0.4) is 0 Å². The van der Waals surface area contributed by atoms with Gasteiger partial charge in [-0.2, -0.15) is 0 Å². The average molecular weight is 477 g/mol. The van der Waals surface area contributed by atoms with Gasteiger partial charge in [-0.05, 0) is 48.5 Å². The van der Waals surface area contributed by atoms with Crippen LogP contribution in [0.5, 0.6) is 0 Å². The molecule has 0 aliphatic heterocycles. The zero-order valence-electron chi connectivity index (χ0n) is 15.8. The van der Waals surface area contributed by atoms with Crippen molar-refractivity contribution in [2.45, 2.75) is 0 Å². The van der Waals surface area contributed by atoms with Gasteiger partial charge in [0.05, 0.1) is 0 Å². The molecule has 4 aromatic carbocycles. The Kier molecular flexibility index (Phi) is 11.0. The molecule has 0 amide bonds. The summed E-state index contributed by atoms with van der Waals surface area (Å²) in [5.74, 6) is 0. The Morgan fingerprint density at radius 2 is 0.536 bits per heavy atom. The molecule has 0 saturated heterocycles. The van der Waals surface area contributed by atoms with E-state index in [4.69, 9.17) is 0 Å². The molecule has 0 aliphatic carbocycles. The fourth-order valence-corrected chi connectivity index (χ4v) is 7.77. The second-order valence-electron chi connectivity index (χ2n) is 6.01. The molecule has 0 heterocycles. The van der Waals surface area contributed by atoms with Crippen molar-refractivity contribution in [3.8, 4) is 0 Å². The monoisotopic (exact) mass is 476 g/mol. The maximum Gasteiger partial charge on any atom is 1.00 e. The third kappa shape index (κ3) is 4.91. The van der Waals surface area contributed by atoms with E-state index in [2.05, 4.69) is 121 Å². The first-order chi connectivity index (χ1) is 12.4. The number of halogens is 2. The molecule has 0 fully saturated rings. The minimum atomic E-state index is -1.91. The Hall–Kier alpha value is -0.644. The third-order valence-electron chi connectivity index (χ3n) is 4.57. The second-order valence-corrected chi connectivity index (χ2v) is 9.42. The molecule has 4 heteroatoms. The fraction of sp³-hybridized carbons (Fsp3) is 0. The number of hydrogen-bond donors (Lipinski definition) is 0. The van der Waals surface area contributed by atoms with Crippen molar-refractivity contribution < 1.29 is 73.1 Å². The van der Waals surface area contributed by atoms with Gasteiger partial charge < -0.3 is 21.7 Å². The van der Waals surface area contributed by atoms with Crippen LogP contribution in [0.4, 0.5) is 0 Å². The van der Waals surface area contributed by atoms with E-state index < -0.39 is 7.26 Å². The van der Waals surface area contributed by atoms with Gasteiger partial charge in [0.25, 0.3) is 0 Å². The first-order valence-electron chi connectivity index (χ1n) is 8.54.